The Kier molecular flexibility index (Phi) is 5.43. The number of carbonyl (C=O) groups excluding carboxylic acids is 3. The van der Waals surface area contributed by atoms with E-state index in [1.807, 2.05) is 6.07 Å². The van der Waals surface area contributed by atoms with Crippen molar-refractivity contribution in [1.82, 2.24) is 0 Å². The molecule has 1 aliphatic rings. The Morgan fingerprint density at radius 3 is 2.65 bits per heavy atom. The zero-order valence-electron chi connectivity index (χ0n) is 14.1. The van der Waals surface area contributed by atoms with Crippen LogP contribution in [-0.4, -0.2) is 32.1 Å². The molecule has 0 radical (unpaired) electrons. The molecule has 136 valence electrons. The highest BCUT2D eigenvalue weighted by Gasteiger charge is 2.38. The maximum absolute atomic E-state index is 12.6. The average molecular weight is 438 g/mol. The van der Waals surface area contributed by atoms with Crippen LogP contribution in [0.5, 0.6) is 0 Å². The molecule has 1 atom stereocenters. The van der Waals surface area contributed by atoms with E-state index in [0.717, 1.165) is 9.35 Å². The molecule has 0 saturated carbocycles. The summed E-state index contributed by atoms with van der Waals surface area (Å²) in [5.41, 5.74) is 1.30. The van der Waals surface area contributed by atoms with Crippen molar-refractivity contribution in [2.75, 3.05) is 19.5 Å². The Hall–Kier alpha value is -2.19. The van der Waals surface area contributed by atoms with Gasteiger partial charge in [0, 0.05) is 14.9 Å². The summed E-state index contributed by atoms with van der Waals surface area (Å²) < 4.78 is 10.5. The molecule has 26 heavy (non-hydrogen) atoms. The monoisotopic (exact) mass is 437 g/mol. The van der Waals surface area contributed by atoms with Gasteiger partial charge in [-0.1, -0.05) is 22.0 Å². The van der Waals surface area contributed by atoms with E-state index >= 15 is 0 Å². The van der Waals surface area contributed by atoms with Gasteiger partial charge >= 0.3 is 11.9 Å². The fourth-order valence-corrected chi connectivity index (χ4v) is 4.70. The Balaban J connectivity index is 1.99. The molecule has 1 amide bonds. The Labute approximate surface area is 162 Å². The zero-order valence-corrected chi connectivity index (χ0v) is 16.5. The van der Waals surface area contributed by atoms with Crippen LogP contribution in [0, 0.1) is 0 Å². The van der Waals surface area contributed by atoms with Crippen LogP contribution in [0.25, 0.3) is 0 Å². The van der Waals surface area contributed by atoms with Gasteiger partial charge in [0.15, 0.2) is 0 Å². The molecule has 0 saturated heterocycles. The number of aryl methyl sites for hydroxylation is 1. The number of benzene rings is 1. The van der Waals surface area contributed by atoms with E-state index in [0.29, 0.717) is 29.0 Å². The molecule has 0 spiro atoms. The minimum absolute atomic E-state index is 0.240. The van der Waals surface area contributed by atoms with E-state index in [9.17, 15) is 14.4 Å². The van der Waals surface area contributed by atoms with Gasteiger partial charge in [-0.25, -0.2) is 4.79 Å². The number of thiophene rings is 1. The average Bonchev–Trinajstić information content (AvgIpc) is 3.19. The van der Waals surface area contributed by atoms with Crippen LogP contribution >= 0.6 is 27.3 Å². The summed E-state index contributed by atoms with van der Waals surface area (Å²) in [6.45, 7) is 0. The quantitative estimate of drug-likeness (QED) is 0.736. The number of ether oxygens (including phenoxy) is 2. The maximum Gasteiger partial charge on any atom is 0.341 e. The third-order valence-electron chi connectivity index (χ3n) is 4.22. The predicted molar refractivity (Wildman–Crippen MR) is 101 cm³/mol. The molecule has 1 heterocycles. The van der Waals surface area contributed by atoms with Gasteiger partial charge < -0.3 is 14.8 Å². The second-order valence-electron chi connectivity index (χ2n) is 5.71. The Morgan fingerprint density at radius 1 is 1.23 bits per heavy atom. The summed E-state index contributed by atoms with van der Waals surface area (Å²) in [6, 6.07) is 6.93. The van der Waals surface area contributed by atoms with Crippen LogP contribution in [0.15, 0.2) is 28.7 Å². The number of hydrogen-bond donors (Lipinski definition) is 1. The number of nitrogens with one attached hydrogen (secondary N) is 1. The van der Waals surface area contributed by atoms with E-state index in [1.165, 1.54) is 25.6 Å². The van der Waals surface area contributed by atoms with Crippen molar-refractivity contribution in [3.63, 3.8) is 0 Å². The van der Waals surface area contributed by atoms with Gasteiger partial charge in [-0.2, -0.15) is 0 Å². The second kappa shape index (κ2) is 7.59. The molecule has 3 rings (SSSR count). The summed E-state index contributed by atoms with van der Waals surface area (Å²) in [5.74, 6) is -1.83. The van der Waals surface area contributed by atoms with Crippen molar-refractivity contribution < 1.29 is 23.9 Å². The molecule has 1 unspecified atom stereocenters. The standard InChI is InChI=1S/C18H16BrNO5S/c1-24-17(22)11-6-7-12-13(11)14(18(23)25-2)16(26-12)20-15(21)9-4-3-5-10(19)8-9/h3-5,8,11H,6-7H2,1-2H3,(H,20,21). The summed E-state index contributed by atoms with van der Waals surface area (Å²) in [4.78, 5) is 37.9. The highest BCUT2D eigenvalue weighted by Crippen LogP contribution is 2.46. The van der Waals surface area contributed by atoms with Crippen LogP contribution in [0.1, 0.15) is 43.5 Å². The highest BCUT2D eigenvalue weighted by molar-refractivity contribution is 9.10. The SMILES string of the molecule is COC(=O)c1c(NC(=O)c2cccc(Br)c2)sc2c1C(C(=O)OC)CC2. The first-order valence-electron chi connectivity index (χ1n) is 7.84. The van der Waals surface area contributed by atoms with Crippen LogP contribution in [0.4, 0.5) is 5.00 Å². The fraction of sp³-hybridized carbons (Fsp3) is 0.278. The maximum atomic E-state index is 12.6. The lowest BCUT2D eigenvalue weighted by molar-refractivity contribution is -0.142. The molecular formula is C18H16BrNO5S. The number of carbonyl (C=O) groups is 3. The largest absolute Gasteiger partial charge is 0.469 e. The lowest BCUT2D eigenvalue weighted by Crippen LogP contribution is -2.17. The summed E-state index contributed by atoms with van der Waals surface area (Å²) in [5, 5.41) is 3.17. The van der Waals surface area contributed by atoms with Gasteiger partial charge in [0.1, 0.15) is 5.00 Å². The Morgan fingerprint density at radius 2 is 2.00 bits per heavy atom. The number of fused-ring (bicyclic) bond motifs is 1. The van der Waals surface area contributed by atoms with Gasteiger partial charge in [-0.15, -0.1) is 11.3 Å². The molecule has 1 aliphatic carbocycles. The van der Waals surface area contributed by atoms with Crippen molar-refractivity contribution in [2.24, 2.45) is 0 Å². The van der Waals surface area contributed by atoms with Crippen LogP contribution in [0.3, 0.4) is 0 Å². The molecule has 8 heteroatoms. The summed E-state index contributed by atoms with van der Waals surface area (Å²) >= 11 is 4.63. The number of anilines is 1. The van der Waals surface area contributed by atoms with E-state index < -0.39 is 17.9 Å². The third-order valence-corrected chi connectivity index (χ3v) is 5.89. The van der Waals surface area contributed by atoms with E-state index in [1.54, 1.807) is 18.2 Å². The third kappa shape index (κ3) is 3.39. The molecule has 1 aromatic carbocycles. The van der Waals surface area contributed by atoms with E-state index in [4.69, 9.17) is 9.47 Å². The lowest BCUT2D eigenvalue weighted by Gasteiger charge is -2.12. The van der Waals surface area contributed by atoms with Gasteiger partial charge in [0.05, 0.1) is 25.7 Å². The van der Waals surface area contributed by atoms with Gasteiger partial charge in [-0.3, -0.25) is 9.59 Å². The first kappa shape index (κ1) is 18.6. The minimum Gasteiger partial charge on any atom is -0.469 e. The summed E-state index contributed by atoms with van der Waals surface area (Å²) in [6.07, 6.45) is 1.23. The molecular weight excluding hydrogens is 422 g/mol. The molecule has 1 aromatic heterocycles. The molecule has 2 aromatic rings. The first-order valence-corrected chi connectivity index (χ1v) is 9.45. The van der Waals surface area contributed by atoms with Gasteiger partial charge in [0.2, 0.25) is 0 Å². The lowest BCUT2D eigenvalue weighted by atomic mass is 9.99. The van der Waals surface area contributed by atoms with Crippen LogP contribution in [0.2, 0.25) is 0 Å². The van der Waals surface area contributed by atoms with Gasteiger partial charge in [0.25, 0.3) is 5.91 Å². The molecule has 0 bridgehead atoms. The zero-order chi connectivity index (χ0) is 18.8. The normalized spacial score (nSPS) is 15.3. The van der Waals surface area contributed by atoms with Crippen molar-refractivity contribution in [2.45, 2.75) is 18.8 Å². The van der Waals surface area contributed by atoms with Crippen LogP contribution < -0.4 is 5.32 Å². The van der Waals surface area contributed by atoms with Crippen LogP contribution in [-0.2, 0) is 20.7 Å². The number of rotatable bonds is 4. The van der Waals surface area contributed by atoms with E-state index in [-0.39, 0.29) is 11.5 Å². The van der Waals surface area contributed by atoms with Crippen molar-refractivity contribution >= 4 is 50.1 Å². The smallest absolute Gasteiger partial charge is 0.341 e. The number of esters is 2. The number of hydrogen-bond acceptors (Lipinski definition) is 6. The molecule has 1 N–H and O–H groups in total. The number of halogens is 1. The van der Waals surface area contributed by atoms with Crippen molar-refractivity contribution in [3.05, 3.63) is 50.3 Å². The van der Waals surface area contributed by atoms with E-state index in [2.05, 4.69) is 21.2 Å². The first-order chi connectivity index (χ1) is 12.5. The molecule has 0 aliphatic heterocycles. The number of methoxy groups -OCH3 is 2. The molecule has 0 fully saturated rings. The Bertz CT molecular complexity index is 892. The molecule has 6 nitrogen and oxygen atoms in total. The topological polar surface area (TPSA) is 81.7 Å². The fourth-order valence-electron chi connectivity index (χ4n) is 3.04. The number of amides is 1. The van der Waals surface area contributed by atoms with Crippen molar-refractivity contribution in [1.29, 1.82) is 0 Å². The van der Waals surface area contributed by atoms with Crippen molar-refractivity contribution in [3.8, 4) is 0 Å². The van der Waals surface area contributed by atoms with Gasteiger partial charge in [-0.05, 0) is 36.6 Å². The minimum atomic E-state index is -0.581. The highest BCUT2D eigenvalue weighted by atomic mass is 79.9. The predicted octanol–water partition coefficient (Wildman–Crippen LogP) is 3.75. The second-order valence-corrected chi connectivity index (χ2v) is 7.73. The summed E-state index contributed by atoms with van der Waals surface area (Å²) in [7, 11) is 2.59.